The molecule has 1 aliphatic heterocycles. The lowest BCUT2D eigenvalue weighted by Gasteiger charge is -2.35. The summed E-state index contributed by atoms with van der Waals surface area (Å²) in [6, 6.07) is 14.8. The number of para-hydroxylation sites is 1. The number of rotatable bonds is 5. The van der Waals surface area contributed by atoms with Crippen LogP contribution < -0.4 is 5.32 Å². The molecule has 128 valence electrons. The van der Waals surface area contributed by atoms with Crippen LogP contribution in [0.15, 0.2) is 48.7 Å². The molecular weight excluding hydrogens is 298 g/mol. The maximum absolute atomic E-state index is 5.84. The van der Waals surface area contributed by atoms with E-state index in [-0.39, 0.29) is 6.04 Å². The molecule has 2 heterocycles. The van der Waals surface area contributed by atoms with Crippen molar-refractivity contribution in [1.82, 2.24) is 9.88 Å². The number of hydrogen-bond donors (Lipinski definition) is 1. The lowest BCUT2D eigenvalue weighted by molar-refractivity contribution is -0.0704. The Morgan fingerprint density at radius 2 is 1.83 bits per heavy atom. The highest BCUT2D eigenvalue weighted by atomic mass is 16.5. The van der Waals surface area contributed by atoms with E-state index in [9.17, 15) is 0 Å². The summed E-state index contributed by atoms with van der Waals surface area (Å²) in [5.74, 6) is 0. The van der Waals surface area contributed by atoms with Gasteiger partial charge in [0.15, 0.2) is 0 Å². The zero-order valence-electron chi connectivity index (χ0n) is 14.8. The van der Waals surface area contributed by atoms with Crippen molar-refractivity contribution < 1.29 is 4.74 Å². The first kappa shape index (κ1) is 16.9. The quantitative estimate of drug-likeness (QED) is 0.906. The average Bonchev–Trinajstić information content (AvgIpc) is 2.56. The van der Waals surface area contributed by atoms with Gasteiger partial charge in [0.2, 0.25) is 0 Å². The Labute approximate surface area is 144 Å². The minimum absolute atomic E-state index is 0.176. The summed E-state index contributed by atoms with van der Waals surface area (Å²) in [5.41, 5.74) is 3.56. The minimum Gasteiger partial charge on any atom is -0.377 e. The monoisotopic (exact) mass is 325 g/mol. The maximum atomic E-state index is 5.84. The minimum atomic E-state index is 0.176. The number of nitrogens with one attached hydrogen (secondary N) is 1. The Hall–Kier alpha value is -1.91. The van der Waals surface area contributed by atoms with Gasteiger partial charge < -0.3 is 10.1 Å². The second-order valence-electron chi connectivity index (χ2n) is 6.73. The lowest BCUT2D eigenvalue weighted by Crippen LogP contribution is -2.44. The second-order valence-corrected chi connectivity index (χ2v) is 6.73. The lowest BCUT2D eigenvalue weighted by atomic mass is 10.1. The standard InChI is InChI=1S/C20H27N3O/c1-15-12-23(13-16(2)24-15)14-18-8-4-5-10-20(18)22-17(3)19-9-6-7-11-21-19/h4-11,15-17,22H,12-14H2,1-3H3/t15-,16-,17-/m1/s1. The molecule has 1 saturated heterocycles. The molecule has 2 aromatic rings. The van der Waals surface area contributed by atoms with Gasteiger partial charge in [0.1, 0.15) is 0 Å². The average molecular weight is 325 g/mol. The second kappa shape index (κ2) is 7.77. The molecular formula is C20H27N3O. The smallest absolute Gasteiger partial charge is 0.0678 e. The van der Waals surface area contributed by atoms with E-state index in [1.165, 1.54) is 11.3 Å². The number of morpholine rings is 1. The van der Waals surface area contributed by atoms with Gasteiger partial charge in [0, 0.05) is 31.5 Å². The number of aromatic nitrogens is 1. The molecule has 4 nitrogen and oxygen atoms in total. The Balaban J connectivity index is 1.71. The number of ether oxygens (including phenoxy) is 1. The molecule has 1 aliphatic rings. The molecule has 0 bridgehead atoms. The van der Waals surface area contributed by atoms with Crippen molar-refractivity contribution in [1.29, 1.82) is 0 Å². The topological polar surface area (TPSA) is 37.4 Å². The number of pyridine rings is 1. The van der Waals surface area contributed by atoms with Crippen molar-refractivity contribution in [3.63, 3.8) is 0 Å². The highest BCUT2D eigenvalue weighted by Crippen LogP contribution is 2.24. The molecule has 0 saturated carbocycles. The van der Waals surface area contributed by atoms with E-state index >= 15 is 0 Å². The van der Waals surface area contributed by atoms with Gasteiger partial charge in [0.05, 0.1) is 23.9 Å². The summed E-state index contributed by atoms with van der Waals surface area (Å²) in [7, 11) is 0. The van der Waals surface area contributed by atoms with Crippen molar-refractivity contribution in [2.45, 2.75) is 45.6 Å². The van der Waals surface area contributed by atoms with Gasteiger partial charge in [-0.3, -0.25) is 9.88 Å². The van der Waals surface area contributed by atoms with Gasteiger partial charge in [-0.2, -0.15) is 0 Å². The van der Waals surface area contributed by atoms with E-state index < -0.39 is 0 Å². The fourth-order valence-electron chi connectivity index (χ4n) is 3.39. The number of nitrogens with zero attached hydrogens (tertiary/aromatic N) is 2. The third-order valence-electron chi connectivity index (χ3n) is 4.41. The molecule has 0 aliphatic carbocycles. The van der Waals surface area contributed by atoms with Crippen LogP contribution in [0.5, 0.6) is 0 Å². The van der Waals surface area contributed by atoms with Gasteiger partial charge in [0.25, 0.3) is 0 Å². The summed E-state index contributed by atoms with van der Waals surface area (Å²) in [5, 5.41) is 3.62. The predicted molar refractivity (Wildman–Crippen MR) is 98.0 cm³/mol. The fourth-order valence-corrected chi connectivity index (χ4v) is 3.39. The highest BCUT2D eigenvalue weighted by molar-refractivity contribution is 5.52. The molecule has 3 rings (SSSR count). The van der Waals surface area contributed by atoms with E-state index in [0.717, 1.165) is 25.3 Å². The fraction of sp³-hybridized carbons (Fsp3) is 0.450. The summed E-state index contributed by atoms with van der Waals surface area (Å²) < 4.78 is 5.84. The van der Waals surface area contributed by atoms with Crippen LogP contribution in [0.3, 0.4) is 0 Å². The van der Waals surface area contributed by atoms with Crippen molar-refractivity contribution >= 4 is 5.69 Å². The SMILES string of the molecule is C[C@@H]1CN(Cc2ccccc2N[C@H](C)c2ccccn2)C[C@@H](C)O1. The third-order valence-corrected chi connectivity index (χ3v) is 4.41. The Morgan fingerprint density at radius 1 is 1.12 bits per heavy atom. The van der Waals surface area contributed by atoms with Crippen LogP contribution in [0.4, 0.5) is 5.69 Å². The molecule has 0 spiro atoms. The van der Waals surface area contributed by atoms with Gasteiger partial charge in [-0.25, -0.2) is 0 Å². The Morgan fingerprint density at radius 3 is 2.54 bits per heavy atom. The van der Waals surface area contributed by atoms with E-state index in [0.29, 0.717) is 12.2 Å². The van der Waals surface area contributed by atoms with E-state index in [1.807, 2.05) is 18.3 Å². The van der Waals surface area contributed by atoms with Crippen LogP contribution in [-0.2, 0) is 11.3 Å². The molecule has 0 radical (unpaired) electrons. The summed E-state index contributed by atoms with van der Waals surface area (Å²) >= 11 is 0. The van der Waals surface area contributed by atoms with Crippen LogP contribution in [0.1, 0.15) is 38.1 Å². The third kappa shape index (κ3) is 4.34. The van der Waals surface area contributed by atoms with Crippen molar-refractivity contribution in [3.8, 4) is 0 Å². The molecule has 3 atom stereocenters. The number of benzene rings is 1. The molecule has 0 unspecified atom stereocenters. The zero-order valence-corrected chi connectivity index (χ0v) is 14.8. The molecule has 1 aromatic heterocycles. The first-order valence-electron chi connectivity index (χ1n) is 8.75. The molecule has 1 fully saturated rings. The summed E-state index contributed by atoms with van der Waals surface area (Å²) in [6.45, 7) is 9.35. The molecule has 1 N–H and O–H groups in total. The molecule has 4 heteroatoms. The van der Waals surface area contributed by atoms with Crippen LogP contribution in [0, 0.1) is 0 Å². The van der Waals surface area contributed by atoms with Crippen LogP contribution in [-0.4, -0.2) is 35.2 Å². The predicted octanol–water partition coefficient (Wildman–Crippen LogP) is 3.86. The molecule has 24 heavy (non-hydrogen) atoms. The van der Waals surface area contributed by atoms with Crippen molar-refractivity contribution in [2.24, 2.45) is 0 Å². The normalized spacial score (nSPS) is 23.0. The van der Waals surface area contributed by atoms with Crippen molar-refractivity contribution in [3.05, 3.63) is 59.9 Å². The van der Waals surface area contributed by atoms with Gasteiger partial charge in [-0.15, -0.1) is 0 Å². The first-order valence-corrected chi connectivity index (χ1v) is 8.75. The molecule has 0 amide bonds. The first-order chi connectivity index (χ1) is 11.6. The van der Waals surface area contributed by atoms with Crippen LogP contribution >= 0.6 is 0 Å². The van der Waals surface area contributed by atoms with E-state index in [4.69, 9.17) is 4.74 Å². The van der Waals surface area contributed by atoms with Gasteiger partial charge in [-0.05, 0) is 44.5 Å². The maximum Gasteiger partial charge on any atom is 0.0678 e. The molecule has 1 aromatic carbocycles. The van der Waals surface area contributed by atoms with Gasteiger partial charge in [-0.1, -0.05) is 24.3 Å². The number of anilines is 1. The largest absolute Gasteiger partial charge is 0.377 e. The number of hydrogen-bond acceptors (Lipinski definition) is 4. The van der Waals surface area contributed by atoms with Crippen molar-refractivity contribution in [2.75, 3.05) is 18.4 Å². The summed E-state index contributed by atoms with van der Waals surface area (Å²) in [6.07, 6.45) is 2.43. The van der Waals surface area contributed by atoms with Crippen LogP contribution in [0.25, 0.3) is 0 Å². The Kier molecular flexibility index (Phi) is 5.48. The zero-order chi connectivity index (χ0) is 16.9. The van der Waals surface area contributed by atoms with E-state index in [1.54, 1.807) is 0 Å². The van der Waals surface area contributed by atoms with E-state index in [2.05, 4.69) is 66.3 Å². The van der Waals surface area contributed by atoms with Crippen LogP contribution in [0.2, 0.25) is 0 Å². The van der Waals surface area contributed by atoms with Gasteiger partial charge >= 0.3 is 0 Å². The highest BCUT2D eigenvalue weighted by Gasteiger charge is 2.22. The Bertz CT molecular complexity index is 636. The summed E-state index contributed by atoms with van der Waals surface area (Å²) in [4.78, 5) is 6.93.